The zero-order chi connectivity index (χ0) is 14.7. The van der Waals surface area contributed by atoms with Gasteiger partial charge in [-0.05, 0) is 33.0 Å². The van der Waals surface area contributed by atoms with Crippen molar-refractivity contribution in [2.24, 2.45) is 0 Å². The number of methoxy groups -OCH3 is 1. The highest BCUT2D eigenvalue weighted by Crippen LogP contribution is 2.22. The van der Waals surface area contributed by atoms with E-state index in [-0.39, 0.29) is 12.4 Å². The van der Waals surface area contributed by atoms with Crippen LogP contribution in [0.3, 0.4) is 0 Å². The molecule has 0 spiro atoms. The van der Waals surface area contributed by atoms with Gasteiger partial charge in [-0.2, -0.15) is 4.68 Å². The quantitative estimate of drug-likeness (QED) is 0.477. The molecule has 0 aliphatic carbocycles. The molecule has 0 radical (unpaired) electrons. The van der Waals surface area contributed by atoms with E-state index in [2.05, 4.69) is 30.7 Å². The van der Waals surface area contributed by atoms with Gasteiger partial charge in [0, 0.05) is 6.20 Å². The minimum absolute atomic E-state index is 0.254. The summed E-state index contributed by atoms with van der Waals surface area (Å²) in [5.41, 5.74) is 0.950. The van der Waals surface area contributed by atoms with Crippen molar-refractivity contribution >= 4 is 27.7 Å². The van der Waals surface area contributed by atoms with Gasteiger partial charge in [-0.25, -0.2) is 4.79 Å². The maximum Gasteiger partial charge on any atom is 0.404 e. The van der Waals surface area contributed by atoms with Gasteiger partial charge in [-0.15, -0.1) is 0 Å². The number of esters is 1. The monoisotopic (exact) mass is 340 g/mol. The van der Waals surface area contributed by atoms with Gasteiger partial charge >= 0.3 is 11.8 Å². The molecule has 0 unspecified atom stereocenters. The van der Waals surface area contributed by atoms with Crippen LogP contribution in [0.2, 0.25) is 0 Å². The standard InChI is InChI=1S/C11H9BrN4O4/c1-20-11(17)7-2-3-8(13-4-7)5-15-6-9(12)10(14-15)16(18)19/h2-4,6H,5H2,1H3. The number of nitro groups is 1. The van der Waals surface area contributed by atoms with Gasteiger partial charge in [0.15, 0.2) is 0 Å². The van der Waals surface area contributed by atoms with Crippen LogP contribution in [0.4, 0.5) is 5.82 Å². The molecule has 0 N–H and O–H groups in total. The molecule has 0 aliphatic rings. The van der Waals surface area contributed by atoms with Crippen molar-refractivity contribution in [1.29, 1.82) is 0 Å². The van der Waals surface area contributed by atoms with Gasteiger partial charge in [-0.3, -0.25) is 4.98 Å². The molecule has 20 heavy (non-hydrogen) atoms. The average molecular weight is 341 g/mol. The van der Waals surface area contributed by atoms with Crippen molar-refractivity contribution in [3.8, 4) is 0 Å². The molecule has 2 aromatic rings. The molecule has 0 aromatic carbocycles. The van der Waals surface area contributed by atoms with Crippen molar-refractivity contribution in [1.82, 2.24) is 14.8 Å². The van der Waals surface area contributed by atoms with E-state index >= 15 is 0 Å². The third-order valence-corrected chi connectivity index (χ3v) is 3.00. The fraction of sp³-hybridized carbons (Fsp3) is 0.182. The van der Waals surface area contributed by atoms with Crippen LogP contribution in [-0.4, -0.2) is 32.8 Å². The Morgan fingerprint density at radius 1 is 1.55 bits per heavy atom. The number of carbonyl (C=O) groups excluding carboxylic acids is 1. The normalized spacial score (nSPS) is 10.3. The number of aromatic nitrogens is 3. The second-order valence-electron chi connectivity index (χ2n) is 3.79. The van der Waals surface area contributed by atoms with Gasteiger partial charge in [0.2, 0.25) is 0 Å². The molecule has 104 valence electrons. The van der Waals surface area contributed by atoms with E-state index < -0.39 is 10.9 Å². The van der Waals surface area contributed by atoms with Crippen LogP contribution in [-0.2, 0) is 11.3 Å². The highest BCUT2D eigenvalue weighted by Gasteiger charge is 2.18. The van der Waals surface area contributed by atoms with Gasteiger partial charge in [0.05, 0.1) is 29.7 Å². The van der Waals surface area contributed by atoms with Crippen molar-refractivity contribution < 1.29 is 14.5 Å². The zero-order valence-electron chi connectivity index (χ0n) is 10.3. The van der Waals surface area contributed by atoms with Crippen LogP contribution in [0.1, 0.15) is 16.1 Å². The summed E-state index contributed by atoms with van der Waals surface area (Å²) in [5.74, 6) is -0.724. The molecule has 2 aromatic heterocycles. The maximum absolute atomic E-state index is 11.2. The van der Waals surface area contributed by atoms with E-state index in [0.29, 0.717) is 15.7 Å². The van der Waals surface area contributed by atoms with E-state index in [0.717, 1.165) is 0 Å². The molecule has 0 amide bonds. The molecule has 0 atom stereocenters. The lowest BCUT2D eigenvalue weighted by Crippen LogP contribution is -2.06. The van der Waals surface area contributed by atoms with Crippen molar-refractivity contribution in [3.63, 3.8) is 0 Å². The highest BCUT2D eigenvalue weighted by atomic mass is 79.9. The Morgan fingerprint density at radius 3 is 2.80 bits per heavy atom. The van der Waals surface area contributed by atoms with Crippen molar-refractivity contribution in [3.05, 3.63) is 50.4 Å². The van der Waals surface area contributed by atoms with E-state index in [9.17, 15) is 14.9 Å². The molecular weight excluding hydrogens is 332 g/mol. The number of hydrogen-bond donors (Lipinski definition) is 0. The van der Waals surface area contributed by atoms with Crippen LogP contribution in [0.5, 0.6) is 0 Å². The molecule has 9 heteroatoms. The van der Waals surface area contributed by atoms with Crippen LogP contribution in [0.15, 0.2) is 29.0 Å². The molecule has 2 heterocycles. The fourth-order valence-electron chi connectivity index (χ4n) is 1.51. The smallest absolute Gasteiger partial charge is 0.404 e. The van der Waals surface area contributed by atoms with Gasteiger partial charge in [-0.1, -0.05) is 0 Å². The van der Waals surface area contributed by atoms with Crippen molar-refractivity contribution in [2.45, 2.75) is 6.54 Å². The third kappa shape index (κ3) is 2.99. The Kier molecular flexibility index (Phi) is 4.08. The number of carbonyl (C=O) groups is 1. The molecule has 0 aliphatic heterocycles. The van der Waals surface area contributed by atoms with Gasteiger partial charge in [0.25, 0.3) is 0 Å². The lowest BCUT2D eigenvalue weighted by molar-refractivity contribution is -0.390. The first-order valence-electron chi connectivity index (χ1n) is 5.42. The summed E-state index contributed by atoms with van der Waals surface area (Å²) in [6, 6.07) is 3.20. The Hall–Kier alpha value is -2.29. The Balaban J connectivity index is 2.16. The second kappa shape index (κ2) is 5.78. The summed E-state index contributed by atoms with van der Waals surface area (Å²) in [6.07, 6.45) is 2.88. The lowest BCUT2D eigenvalue weighted by atomic mass is 10.2. The molecule has 0 saturated carbocycles. The van der Waals surface area contributed by atoms with Gasteiger partial charge in [0.1, 0.15) is 11.0 Å². The van der Waals surface area contributed by atoms with Gasteiger partial charge < -0.3 is 14.9 Å². The summed E-state index contributed by atoms with van der Waals surface area (Å²) >= 11 is 3.06. The van der Waals surface area contributed by atoms with Crippen molar-refractivity contribution in [2.75, 3.05) is 7.11 Å². The summed E-state index contributed by atoms with van der Waals surface area (Å²) in [6.45, 7) is 0.258. The first-order chi connectivity index (χ1) is 9.51. The van der Waals surface area contributed by atoms with Crippen LogP contribution < -0.4 is 0 Å². The number of hydrogen-bond acceptors (Lipinski definition) is 6. The third-order valence-electron chi connectivity index (χ3n) is 2.44. The Morgan fingerprint density at radius 2 is 2.30 bits per heavy atom. The summed E-state index contributed by atoms with van der Waals surface area (Å²) < 4.78 is 6.25. The predicted molar refractivity (Wildman–Crippen MR) is 71.3 cm³/mol. The van der Waals surface area contributed by atoms with E-state index in [1.807, 2.05) is 0 Å². The average Bonchev–Trinajstić information content (AvgIpc) is 2.79. The Bertz CT molecular complexity index is 653. The number of rotatable bonds is 4. The maximum atomic E-state index is 11.2. The number of nitrogens with zero attached hydrogens (tertiary/aromatic N) is 4. The van der Waals surface area contributed by atoms with E-state index in [4.69, 9.17) is 0 Å². The molecular formula is C11H9BrN4O4. The first kappa shape index (κ1) is 14.1. The minimum Gasteiger partial charge on any atom is -0.465 e. The molecule has 8 nitrogen and oxygen atoms in total. The fourth-order valence-corrected chi connectivity index (χ4v) is 1.97. The first-order valence-corrected chi connectivity index (χ1v) is 6.21. The molecule has 0 saturated heterocycles. The lowest BCUT2D eigenvalue weighted by Gasteiger charge is -2.00. The molecule has 0 bridgehead atoms. The second-order valence-corrected chi connectivity index (χ2v) is 4.64. The topological polar surface area (TPSA) is 100 Å². The summed E-state index contributed by atoms with van der Waals surface area (Å²) in [7, 11) is 1.29. The van der Waals surface area contributed by atoms with Crippen LogP contribution in [0.25, 0.3) is 0 Å². The SMILES string of the molecule is COC(=O)c1ccc(Cn2cc(Br)c([N+](=O)[O-])n2)nc1. The minimum atomic E-state index is -0.575. The molecule has 2 rings (SSSR count). The zero-order valence-corrected chi connectivity index (χ0v) is 11.9. The summed E-state index contributed by atoms with van der Waals surface area (Å²) in [5, 5.41) is 14.5. The van der Waals surface area contributed by atoms with E-state index in [1.165, 1.54) is 24.2 Å². The predicted octanol–water partition coefficient (Wildman–Crippen LogP) is 1.78. The number of halogens is 1. The highest BCUT2D eigenvalue weighted by molar-refractivity contribution is 9.10. The van der Waals surface area contributed by atoms with E-state index in [1.54, 1.807) is 12.1 Å². The number of ether oxygens (including phenoxy) is 1. The van der Waals surface area contributed by atoms with Crippen LogP contribution >= 0.6 is 15.9 Å². The Labute approximate surface area is 121 Å². The largest absolute Gasteiger partial charge is 0.465 e. The number of pyridine rings is 1. The molecule has 0 fully saturated rings. The summed E-state index contributed by atoms with van der Waals surface area (Å²) in [4.78, 5) is 25.4. The van der Waals surface area contributed by atoms with Crippen LogP contribution in [0, 0.1) is 10.1 Å².